The number of rotatable bonds is 3. The van der Waals surface area contributed by atoms with Crippen LogP contribution < -0.4 is 0 Å². The van der Waals surface area contributed by atoms with Crippen LogP contribution in [0.15, 0.2) is 29.2 Å². The zero-order chi connectivity index (χ0) is 13.1. The van der Waals surface area contributed by atoms with Crippen molar-refractivity contribution in [2.24, 2.45) is 0 Å². The summed E-state index contributed by atoms with van der Waals surface area (Å²) in [6, 6.07) is 7.45. The maximum Gasteiger partial charge on any atom is 0.310 e. The molecule has 96 valence electrons. The molecule has 1 fully saturated rings. The minimum atomic E-state index is -0.817. The van der Waals surface area contributed by atoms with Gasteiger partial charge in [0.05, 0.1) is 12.0 Å². The van der Waals surface area contributed by atoms with Crippen molar-refractivity contribution < 1.29 is 15.0 Å². The number of carboxylic acids is 1. The summed E-state index contributed by atoms with van der Waals surface area (Å²) in [6.07, 6.45) is 2.44. The highest BCUT2D eigenvalue weighted by molar-refractivity contribution is 8.03. The number of carbonyl (C=O) groups is 1. The molecule has 4 heteroatoms. The molecule has 0 aliphatic carbocycles. The zero-order valence-electron chi connectivity index (χ0n) is 10.2. The van der Waals surface area contributed by atoms with E-state index in [4.69, 9.17) is 5.11 Å². The van der Waals surface area contributed by atoms with Crippen LogP contribution in [0.5, 0.6) is 0 Å². The molecule has 2 atom stereocenters. The molecule has 2 rings (SSSR count). The smallest absolute Gasteiger partial charge is 0.310 e. The molecule has 18 heavy (non-hydrogen) atoms. The van der Waals surface area contributed by atoms with Gasteiger partial charge in [-0.05, 0) is 30.5 Å². The molecule has 0 unspecified atom stereocenters. The summed E-state index contributed by atoms with van der Waals surface area (Å²) < 4.78 is 0. The number of thioether (sulfide) groups is 1. The van der Waals surface area contributed by atoms with Crippen molar-refractivity contribution in [3.05, 3.63) is 40.3 Å². The van der Waals surface area contributed by atoms with E-state index in [2.05, 4.69) is 0 Å². The molecule has 0 radical (unpaired) electrons. The fraction of sp³-hybridized carbons (Fsp3) is 0.357. The second kappa shape index (κ2) is 5.59. The van der Waals surface area contributed by atoms with Gasteiger partial charge in [-0.3, -0.25) is 4.79 Å². The largest absolute Gasteiger partial charge is 0.481 e. The monoisotopic (exact) mass is 264 g/mol. The van der Waals surface area contributed by atoms with E-state index in [1.807, 2.05) is 30.3 Å². The number of aliphatic carboxylic acids is 1. The predicted octanol–water partition coefficient (Wildman–Crippen LogP) is 2.71. The van der Waals surface area contributed by atoms with Crippen molar-refractivity contribution in [2.45, 2.75) is 25.4 Å². The first-order chi connectivity index (χ1) is 8.58. The quantitative estimate of drug-likeness (QED) is 0.881. The zero-order valence-corrected chi connectivity index (χ0v) is 11.0. The fourth-order valence-electron chi connectivity index (χ4n) is 1.85. The van der Waals surface area contributed by atoms with Gasteiger partial charge in [0.25, 0.3) is 0 Å². The van der Waals surface area contributed by atoms with Crippen molar-refractivity contribution in [1.82, 2.24) is 0 Å². The molecule has 3 nitrogen and oxygen atoms in total. The molecule has 1 aromatic rings. The summed E-state index contributed by atoms with van der Waals surface area (Å²) in [4.78, 5) is 11.9. The van der Waals surface area contributed by atoms with Gasteiger partial charge in [0.15, 0.2) is 0 Å². The van der Waals surface area contributed by atoms with E-state index >= 15 is 0 Å². The van der Waals surface area contributed by atoms with Gasteiger partial charge in [-0.2, -0.15) is 0 Å². The Labute approximate surface area is 111 Å². The number of aliphatic hydroxyl groups is 1. The lowest BCUT2D eigenvalue weighted by molar-refractivity contribution is -0.138. The number of hydrogen-bond donors (Lipinski definition) is 2. The summed E-state index contributed by atoms with van der Waals surface area (Å²) in [6.45, 7) is 1.67. The summed E-state index contributed by atoms with van der Waals surface area (Å²) in [5.41, 5.74) is 1.80. The Morgan fingerprint density at radius 1 is 1.44 bits per heavy atom. The van der Waals surface area contributed by atoms with Crippen LogP contribution in [-0.4, -0.2) is 28.0 Å². The first-order valence-corrected chi connectivity index (χ1v) is 6.91. The molecule has 0 amide bonds. The van der Waals surface area contributed by atoms with Crippen molar-refractivity contribution in [3.8, 4) is 0 Å². The van der Waals surface area contributed by atoms with Gasteiger partial charge in [-0.1, -0.05) is 24.3 Å². The Morgan fingerprint density at radius 2 is 2.11 bits per heavy atom. The normalized spacial score (nSPS) is 23.2. The lowest BCUT2D eigenvalue weighted by Gasteiger charge is -2.07. The van der Waals surface area contributed by atoms with Crippen LogP contribution in [0, 0.1) is 0 Å². The van der Waals surface area contributed by atoms with Crippen LogP contribution in [0.1, 0.15) is 30.4 Å². The van der Waals surface area contributed by atoms with Gasteiger partial charge >= 0.3 is 5.97 Å². The van der Waals surface area contributed by atoms with Crippen LogP contribution in [-0.2, 0) is 4.79 Å². The Bertz CT molecular complexity index is 464. The SMILES string of the molecule is C[C@@H](C(=O)O)c1ccc(C=C2SCC[C@H]2O)cc1. The van der Waals surface area contributed by atoms with Crippen LogP contribution in [0.2, 0.25) is 0 Å². The van der Waals surface area contributed by atoms with E-state index in [0.29, 0.717) is 0 Å². The minimum absolute atomic E-state index is 0.340. The summed E-state index contributed by atoms with van der Waals surface area (Å²) in [5.74, 6) is -0.345. The van der Waals surface area contributed by atoms with E-state index in [0.717, 1.165) is 28.2 Å². The predicted molar refractivity (Wildman–Crippen MR) is 73.6 cm³/mol. The second-order valence-corrected chi connectivity index (χ2v) is 5.59. The van der Waals surface area contributed by atoms with E-state index in [1.54, 1.807) is 18.7 Å². The summed E-state index contributed by atoms with van der Waals surface area (Å²) in [7, 11) is 0. The average Bonchev–Trinajstić information content (AvgIpc) is 2.75. The molecule has 0 aromatic heterocycles. The number of benzene rings is 1. The fourth-order valence-corrected chi connectivity index (χ4v) is 2.96. The lowest BCUT2D eigenvalue weighted by Crippen LogP contribution is -2.07. The molecule has 2 N–H and O–H groups in total. The molecule has 1 saturated heterocycles. The topological polar surface area (TPSA) is 57.5 Å². The van der Waals surface area contributed by atoms with E-state index in [1.165, 1.54) is 0 Å². The number of aliphatic hydroxyl groups excluding tert-OH is 1. The third kappa shape index (κ3) is 2.94. The van der Waals surface area contributed by atoms with E-state index < -0.39 is 11.9 Å². The first kappa shape index (κ1) is 13.2. The van der Waals surface area contributed by atoms with Crippen LogP contribution >= 0.6 is 11.8 Å². The van der Waals surface area contributed by atoms with Crippen molar-refractivity contribution in [2.75, 3.05) is 5.75 Å². The molecule has 0 saturated carbocycles. The highest BCUT2D eigenvalue weighted by atomic mass is 32.2. The third-order valence-electron chi connectivity index (χ3n) is 3.10. The van der Waals surface area contributed by atoms with Crippen molar-refractivity contribution in [1.29, 1.82) is 0 Å². The molecule has 1 heterocycles. The average molecular weight is 264 g/mol. The van der Waals surface area contributed by atoms with Crippen LogP contribution in [0.25, 0.3) is 6.08 Å². The Hall–Kier alpha value is -1.26. The Balaban J connectivity index is 2.15. The lowest BCUT2D eigenvalue weighted by atomic mass is 10.00. The van der Waals surface area contributed by atoms with Crippen LogP contribution in [0.3, 0.4) is 0 Å². The van der Waals surface area contributed by atoms with Crippen LogP contribution in [0.4, 0.5) is 0 Å². The third-order valence-corrected chi connectivity index (χ3v) is 4.27. The van der Waals surface area contributed by atoms with Gasteiger partial charge in [-0.15, -0.1) is 11.8 Å². The minimum Gasteiger partial charge on any atom is -0.481 e. The molecule has 0 spiro atoms. The van der Waals surface area contributed by atoms with Gasteiger partial charge in [0.1, 0.15) is 0 Å². The van der Waals surface area contributed by atoms with Gasteiger partial charge < -0.3 is 10.2 Å². The highest BCUT2D eigenvalue weighted by Gasteiger charge is 2.18. The summed E-state index contributed by atoms with van der Waals surface area (Å²) >= 11 is 1.68. The maximum absolute atomic E-state index is 10.9. The first-order valence-electron chi connectivity index (χ1n) is 5.93. The molecular weight excluding hydrogens is 248 g/mol. The molecule has 1 aliphatic rings. The van der Waals surface area contributed by atoms with Gasteiger partial charge in [0, 0.05) is 10.7 Å². The maximum atomic E-state index is 10.9. The number of hydrogen-bond acceptors (Lipinski definition) is 3. The highest BCUT2D eigenvalue weighted by Crippen LogP contribution is 2.32. The molecule has 1 aliphatic heterocycles. The Morgan fingerprint density at radius 3 is 2.61 bits per heavy atom. The van der Waals surface area contributed by atoms with Crippen molar-refractivity contribution >= 4 is 23.8 Å². The van der Waals surface area contributed by atoms with Crippen molar-refractivity contribution in [3.63, 3.8) is 0 Å². The van der Waals surface area contributed by atoms with E-state index in [9.17, 15) is 9.90 Å². The Kier molecular flexibility index (Phi) is 4.09. The number of carboxylic acid groups (broad SMARTS) is 1. The second-order valence-electron chi connectivity index (χ2n) is 4.43. The van der Waals surface area contributed by atoms with Gasteiger partial charge in [-0.25, -0.2) is 0 Å². The molecular formula is C14H16O3S. The van der Waals surface area contributed by atoms with Gasteiger partial charge in [0.2, 0.25) is 0 Å². The molecule has 0 bridgehead atoms. The van der Waals surface area contributed by atoms with E-state index in [-0.39, 0.29) is 6.10 Å². The standard InChI is InChI=1S/C14H16O3S/c1-9(14(16)17)11-4-2-10(3-5-11)8-13-12(15)6-7-18-13/h2-5,8-9,12,15H,6-7H2,1H3,(H,16,17)/t9-,12-/m1/s1. The molecule has 1 aromatic carbocycles. The summed E-state index contributed by atoms with van der Waals surface area (Å²) in [5, 5.41) is 18.6.